The van der Waals surface area contributed by atoms with Crippen LogP contribution in [0, 0.1) is 23.7 Å². The first-order valence-corrected chi connectivity index (χ1v) is 13.4. The SMILES string of the molecule is CNC(=O)N1CCC(NC2CCOCC2)=C(C(=N)N2CCCc3cc(-c4ccc(C)cn4)c(C#N)cc32)C1. The molecule has 0 saturated carbocycles. The van der Waals surface area contributed by atoms with Gasteiger partial charge in [-0.25, -0.2) is 4.79 Å². The number of carbonyl (C=O) groups excluding carboxylic acids is 1. The van der Waals surface area contributed by atoms with Crippen LogP contribution in [0.15, 0.2) is 41.7 Å². The van der Waals surface area contributed by atoms with Gasteiger partial charge < -0.3 is 25.2 Å². The van der Waals surface area contributed by atoms with Crippen LogP contribution in [0.5, 0.6) is 0 Å². The second-order valence-corrected chi connectivity index (χ2v) is 10.2. The highest BCUT2D eigenvalue weighted by atomic mass is 16.5. The number of ether oxygens (including phenoxy) is 1. The van der Waals surface area contributed by atoms with Crippen molar-refractivity contribution in [3.8, 4) is 17.3 Å². The van der Waals surface area contributed by atoms with Gasteiger partial charge in [0.05, 0.1) is 23.9 Å². The first-order valence-electron chi connectivity index (χ1n) is 13.4. The van der Waals surface area contributed by atoms with E-state index < -0.39 is 0 Å². The van der Waals surface area contributed by atoms with E-state index in [1.54, 1.807) is 11.9 Å². The summed E-state index contributed by atoms with van der Waals surface area (Å²) in [5, 5.41) is 25.8. The summed E-state index contributed by atoms with van der Waals surface area (Å²) >= 11 is 0. The third-order valence-electron chi connectivity index (χ3n) is 7.65. The number of rotatable bonds is 4. The normalized spacial score (nSPS) is 18.0. The van der Waals surface area contributed by atoms with Gasteiger partial charge in [-0.15, -0.1) is 0 Å². The molecule has 5 rings (SSSR count). The number of carbonyl (C=O) groups is 1. The predicted molar refractivity (Wildman–Crippen MR) is 147 cm³/mol. The van der Waals surface area contributed by atoms with E-state index in [1.807, 2.05) is 36.2 Å². The van der Waals surface area contributed by atoms with E-state index in [4.69, 9.17) is 4.74 Å². The van der Waals surface area contributed by atoms with Crippen LogP contribution in [0.25, 0.3) is 11.3 Å². The summed E-state index contributed by atoms with van der Waals surface area (Å²) in [4.78, 5) is 20.8. The smallest absolute Gasteiger partial charge is 0.317 e. The first-order chi connectivity index (χ1) is 18.5. The minimum atomic E-state index is -0.138. The van der Waals surface area contributed by atoms with E-state index >= 15 is 0 Å². The van der Waals surface area contributed by atoms with Gasteiger partial charge in [0.25, 0.3) is 0 Å². The van der Waals surface area contributed by atoms with Crippen molar-refractivity contribution in [3.05, 3.63) is 58.4 Å². The van der Waals surface area contributed by atoms with Gasteiger partial charge in [0.2, 0.25) is 0 Å². The highest BCUT2D eigenvalue weighted by Gasteiger charge is 2.31. The molecule has 2 amide bonds. The standard InChI is InChI=1S/C29H35N7O2/c1-19-5-6-25(33-17-19)23-14-20-4-3-10-36(27(20)15-21(23)16-30)28(31)24-18-35(29(37)32-2)11-7-26(24)34-22-8-12-38-13-9-22/h5-6,14-15,17,22,31,34H,3-4,7-13,18H2,1-2H3,(H,32,37). The fourth-order valence-corrected chi connectivity index (χ4v) is 5.52. The molecule has 0 atom stereocenters. The highest BCUT2D eigenvalue weighted by Crippen LogP contribution is 2.35. The molecule has 2 aromatic rings. The van der Waals surface area contributed by atoms with Gasteiger partial charge in [-0.2, -0.15) is 5.26 Å². The van der Waals surface area contributed by atoms with E-state index in [2.05, 4.69) is 27.8 Å². The second kappa shape index (κ2) is 11.2. The molecule has 0 aliphatic carbocycles. The van der Waals surface area contributed by atoms with Gasteiger partial charge in [-0.1, -0.05) is 6.07 Å². The van der Waals surface area contributed by atoms with Crippen molar-refractivity contribution < 1.29 is 9.53 Å². The van der Waals surface area contributed by atoms with Crippen LogP contribution in [-0.2, 0) is 11.2 Å². The highest BCUT2D eigenvalue weighted by molar-refractivity contribution is 6.09. The van der Waals surface area contributed by atoms with Crippen molar-refractivity contribution >= 4 is 17.6 Å². The monoisotopic (exact) mass is 513 g/mol. The molecule has 3 aliphatic rings. The molecule has 38 heavy (non-hydrogen) atoms. The lowest BCUT2D eigenvalue weighted by Crippen LogP contribution is -2.48. The van der Waals surface area contributed by atoms with Crippen molar-refractivity contribution in [2.24, 2.45) is 0 Å². The molecule has 0 bridgehead atoms. The molecular weight excluding hydrogens is 478 g/mol. The average molecular weight is 514 g/mol. The molecule has 1 aromatic heterocycles. The van der Waals surface area contributed by atoms with Crippen LogP contribution in [0.1, 0.15) is 42.4 Å². The van der Waals surface area contributed by atoms with Crippen molar-refractivity contribution in [1.29, 1.82) is 10.7 Å². The summed E-state index contributed by atoms with van der Waals surface area (Å²) < 4.78 is 5.53. The van der Waals surface area contributed by atoms with Gasteiger partial charge in [0.15, 0.2) is 0 Å². The summed E-state index contributed by atoms with van der Waals surface area (Å²) in [6, 6.07) is 10.5. The number of benzene rings is 1. The molecule has 9 heteroatoms. The maximum absolute atomic E-state index is 12.5. The van der Waals surface area contributed by atoms with Crippen LogP contribution in [0.2, 0.25) is 0 Å². The third-order valence-corrected chi connectivity index (χ3v) is 7.65. The topological polar surface area (TPSA) is 117 Å². The molecular formula is C29H35N7O2. The number of amides is 2. The number of nitriles is 1. The fourth-order valence-electron chi connectivity index (χ4n) is 5.52. The summed E-state index contributed by atoms with van der Waals surface area (Å²) in [5.74, 6) is 0.388. The van der Waals surface area contributed by atoms with Gasteiger partial charge in [-0.05, 0) is 61.9 Å². The molecule has 1 saturated heterocycles. The molecule has 4 heterocycles. The van der Waals surface area contributed by atoms with Gasteiger partial charge in [0, 0.05) is 74.5 Å². The average Bonchev–Trinajstić information content (AvgIpc) is 2.96. The Morgan fingerprint density at radius 1 is 1.21 bits per heavy atom. The summed E-state index contributed by atoms with van der Waals surface area (Å²) in [7, 11) is 1.64. The van der Waals surface area contributed by atoms with E-state index in [-0.39, 0.29) is 6.03 Å². The number of fused-ring (bicyclic) bond motifs is 1. The van der Waals surface area contributed by atoms with Crippen LogP contribution in [-0.4, -0.2) is 67.7 Å². The number of pyridine rings is 1. The lowest BCUT2D eigenvalue weighted by Gasteiger charge is -2.38. The number of anilines is 1. The van der Waals surface area contributed by atoms with Gasteiger partial charge in [-0.3, -0.25) is 10.4 Å². The van der Waals surface area contributed by atoms with Crippen molar-refractivity contribution in [1.82, 2.24) is 20.5 Å². The van der Waals surface area contributed by atoms with Crippen LogP contribution in [0.4, 0.5) is 10.5 Å². The molecule has 0 spiro atoms. The number of hydrogen-bond acceptors (Lipinski definition) is 6. The summed E-state index contributed by atoms with van der Waals surface area (Å²) in [6.07, 6.45) is 6.12. The molecule has 9 nitrogen and oxygen atoms in total. The number of urea groups is 1. The molecule has 1 fully saturated rings. The number of nitrogens with one attached hydrogen (secondary N) is 3. The number of hydrogen-bond donors (Lipinski definition) is 3. The molecule has 3 aliphatic heterocycles. The molecule has 0 radical (unpaired) electrons. The van der Waals surface area contributed by atoms with Crippen LogP contribution < -0.4 is 15.5 Å². The Morgan fingerprint density at radius 3 is 2.74 bits per heavy atom. The van der Waals surface area contributed by atoms with E-state index in [9.17, 15) is 15.5 Å². The zero-order valence-electron chi connectivity index (χ0n) is 22.1. The Morgan fingerprint density at radius 2 is 2.03 bits per heavy atom. The second-order valence-electron chi connectivity index (χ2n) is 10.2. The van der Waals surface area contributed by atoms with Gasteiger partial charge >= 0.3 is 6.03 Å². The minimum Gasteiger partial charge on any atom is -0.385 e. The first kappa shape index (κ1) is 25.7. The maximum Gasteiger partial charge on any atom is 0.317 e. The van der Waals surface area contributed by atoms with E-state index in [0.717, 1.165) is 78.2 Å². The van der Waals surface area contributed by atoms with Crippen molar-refractivity contribution in [2.75, 3.05) is 44.8 Å². The summed E-state index contributed by atoms with van der Waals surface area (Å²) in [6.45, 7) is 5.12. The zero-order valence-corrected chi connectivity index (χ0v) is 22.1. The van der Waals surface area contributed by atoms with E-state index in [0.29, 0.717) is 43.5 Å². The number of nitrogens with zero attached hydrogens (tertiary/aromatic N) is 4. The predicted octanol–water partition coefficient (Wildman–Crippen LogP) is 3.73. The number of aryl methyl sites for hydroxylation is 2. The Kier molecular flexibility index (Phi) is 7.61. The lowest BCUT2D eigenvalue weighted by molar-refractivity contribution is 0.0798. The van der Waals surface area contributed by atoms with Crippen LogP contribution in [0.3, 0.4) is 0 Å². The molecule has 1 aromatic carbocycles. The third kappa shape index (κ3) is 5.22. The van der Waals surface area contributed by atoms with Gasteiger partial charge in [0.1, 0.15) is 5.84 Å². The van der Waals surface area contributed by atoms with E-state index in [1.165, 1.54) is 0 Å². The lowest BCUT2D eigenvalue weighted by atomic mass is 9.93. The number of amidine groups is 1. The maximum atomic E-state index is 12.5. The largest absolute Gasteiger partial charge is 0.385 e. The fraction of sp³-hybridized carbons (Fsp3) is 0.448. The Balaban J connectivity index is 1.50. The van der Waals surface area contributed by atoms with Crippen LogP contribution >= 0.6 is 0 Å². The Bertz CT molecular complexity index is 1290. The van der Waals surface area contributed by atoms with Crippen molar-refractivity contribution in [2.45, 2.75) is 45.1 Å². The molecule has 198 valence electrons. The summed E-state index contributed by atoms with van der Waals surface area (Å²) in [5.41, 5.74) is 7.09. The number of aromatic nitrogens is 1. The zero-order chi connectivity index (χ0) is 26.6. The Hall–Kier alpha value is -3.90. The van der Waals surface area contributed by atoms with Crippen molar-refractivity contribution in [3.63, 3.8) is 0 Å². The molecule has 3 N–H and O–H groups in total. The molecule has 0 unspecified atom stereocenters. The Labute approximate surface area is 224 Å². The minimum absolute atomic E-state index is 0.138. The quantitative estimate of drug-likeness (QED) is 0.424.